The Morgan fingerprint density at radius 2 is 1.48 bits per heavy atom. The molecule has 0 aromatic heterocycles. The number of hydrogen-bond acceptors (Lipinski definition) is 2. The Balaban J connectivity index is 1.44. The van der Waals surface area contributed by atoms with Gasteiger partial charge in [0.25, 0.3) is 0 Å². The number of carbonyl (C=O) groups excluding carboxylic acids is 1. The van der Waals surface area contributed by atoms with Gasteiger partial charge < -0.3 is 5.32 Å². The van der Waals surface area contributed by atoms with E-state index in [0.717, 1.165) is 27.5 Å². The number of amides is 1. The van der Waals surface area contributed by atoms with Crippen molar-refractivity contribution in [3.63, 3.8) is 0 Å². The summed E-state index contributed by atoms with van der Waals surface area (Å²) in [7, 11) is 0. The number of aliphatic imine (C=N–C) groups is 1. The van der Waals surface area contributed by atoms with E-state index < -0.39 is 0 Å². The summed E-state index contributed by atoms with van der Waals surface area (Å²) in [6.45, 7) is 0. The Bertz CT molecular complexity index is 856. The number of benzene rings is 2. The molecule has 4 atom stereocenters. The Morgan fingerprint density at radius 1 is 0.880 bits per heavy atom. The molecule has 3 nitrogen and oxygen atoms in total. The van der Waals surface area contributed by atoms with Crippen LogP contribution < -0.4 is 5.32 Å². The van der Waals surface area contributed by atoms with E-state index in [9.17, 15) is 4.79 Å². The van der Waals surface area contributed by atoms with Crippen molar-refractivity contribution >= 4 is 23.3 Å². The number of hydrogen-bond donors (Lipinski definition) is 1. The van der Waals surface area contributed by atoms with Crippen molar-refractivity contribution in [1.29, 1.82) is 0 Å². The average Bonchev–Trinajstić information content (AvgIpc) is 3.25. The molecule has 3 aliphatic rings. The highest BCUT2D eigenvalue weighted by atomic mass is 35.5. The first-order chi connectivity index (χ1) is 12.2. The minimum Gasteiger partial charge on any atom is -0.310 e. The topological polar surface area (TPSA) is 41.5 Å². The maximum atomic E-state index is 12.6. The first-order valence-electron chi connectivity index (χ1n) is 8.94. The van der Waals surface area contributed by atoms with Crippen LogP contribution in [0.2, 0.25) is 5.02 Å². The normalized spacial score (nSPS) is 30.0. The summed E-state index contributed by atoms with van der Waals surface area (Å²) in [6.07, 6.45) is 3.60. The highest BCUT2D eigenvalue weighted by Crippen LogP contribution is 2.51. The van der Waals surface area contributed by atoms with Crippen molar-refractivity contribution < 1.29 is 4.79 Å². The van der Waals surface area contributed by atoms with Gasteiger partial charge in [0.05, 0.1) is 12.0 Å². The molecule has 2 aromatic rings. The molecule has 2 fully saturated rings. The SMILES string of the molecule is O=C1NC(c2ccc(-c3ccc(Cl)cc3)cc2)=NC2C3CCC(C3)C12. The summed E-state index contributed by atoms with van der Waals surface area (Å²) >= 11 is 5.95. The fraction of sp³-hybridized carbons (Fsp3) is 0.333. The molecule has 0 saturated heterocycles. The van der Waals surface area contributed by atoms with Gasteiger partial charge in [0.1, 0.15) is 5.84 Å². The van der Waals surface area contributed by atoms with E-state index >= 15 is 0 Å². The maximum Gasteiger partial charge on any atom is 0.231 e. The van der Waals surface area contributed by atoms with Crippen molar-refractivity contribution in [3.8, 4) is 11.1 Å². The number of nitrogens with zero attached hydrogens (tertiary/aromatic N) is 1. The first-order valence-corrected chi connectivity index (χ1v) is 9.32. The molecule has 0 spiro atoms. The van der Waals surface area contributed by atoms with Gasteiger partial charge >= 0.3 is 0 Å². The van der Waals surface area contributed by atoms with Crippen molar-refractivity contribution in [2.75, 3.05) is 0 Å². The first kappa shape index (κ1) is 15.2. The molecular weight excluding hydrogens is 332 g/mol. The van der Waals surface area contributed by atoms with E-state index in [1.807, 2.05) is 36.4 Å². The van der Waals surface area contributed by atoms with Gasteiger partial charge in [-0.15, -0.1) is 0 Å². The van der Waals surface area contributed by atoms with Gasteiger partial charge in [-0.1, -0.05) is 48.0 Å². The summed E-state index contributed by atoms with van der Waals surface area (Å²) < 4.78 is 0. The van der Waals surface area contributed by atoms with Crippen LogP contribution in [-0.2, 0) is 4.79 Å². The standard InChI is InChI=1S/C21H19ClN2O/c22-17-9-7-13(8-10-17)12-1-3-14(4-2-12)20-23-19-16-6-5-15(11-16)18(19)21(25)24-20/h1-4,7-10,15-16,18-19H,5-6,11H2,(H,23,24,25). The minimum absolute atomic E-state index is 0.107. The van der Waals surface area contributed by atoms with Gasteiger partial charge in [0.15, 0.2) is 0 Å². The molecule has 1 aliphatic heterocycles. The fourth-order valence-corrected chi connectivity index (χ4v) is 4.93. The molecule has 25 heavy (non-hydrogen) atoms. The van der Waals surface area contributed by atoms with E-state index in [0.29, 0.717) is 11.8 Å². The lowest BCUT2D eigenvalue weighted by Gasteiger charge is -2.32. The van der Waals surface area contributed by atoms with Crippen molar-refractivity contribution in [3.05, 3.63) is 59.1 Å². The fourth-order valence-electron chi connectivity index (χ4n) is 4.81. The van der Waals surface area contributed by atoms with Gasteiger partial charge in [-0.3, -0.25) is 9.79 Å². The molecule has 1 heterocycles. The van der Waals surface area contributed by atoms with E-state index in [4.69, 9.17) is 16.6 Å². The zero-order valence-electron chi connectivity index (χ0n) is 13.8. The van der Waals surface area contributed by atoms with Crippen molar-refractivity contribution in [2.24, 2.45) is 22.7 Å². The Labute approximate surface area is 152 Å². The third kappa shape index (κ3) is 2.49. The molecular formula is C21H19ClN2O. The Morgan fingerprint density at radius 3 is 2.20 bits per heavy atom. The van der Waals surface area contributed by atoms with Crippen LogP contribution in [0.1, 0.15) is 24.8 Å². The van der Waals surface area contributed by atoms with Crippen molar-refractivity contribution in [1.82, 2.24) is 5.32 Å². The zero-order valence-corrected chi connectivity index (χ0v) is 14.5. The van der Waals surface area contributed by atoms with Gasteiger partial charge in [-0.25, -0.2) is 0 Å². The van der Waals surface area contributed by atoms with Gasteiger partial charge in [0, 0.05) is 10.6 Å². The zero-order chi connectivity index (χ0) is 17.0. The van der Waals surface area contributed by atoms with Crippen molar-refractivity contribution in [2.45, 2.75) is 25.3 Å². The Hall–Kier alpha value is -2.13. The van der Waals surface area contributed by atoms with Crippen LogP contribution in [0.5, 0.6) is 0 Å². The smallest absolute Gasteiger partial charge is 0.231 e. The number of carbonyl (C=O) groups is 1. The van der Waals surface area contributed by atoms with Crippen LogP contribution in [0.25, 0.3) is 11.1 Å². The highest BCUT2D eigenvalue weighted by Gasteiger charge is 2.52. The summed E-state index contributed by atoms with van der Waals surface area (Å²) in [6, 6.07) is 16.2. The molecule has 1 N–H and O–H groups in total. The third-order valence-electron chi connectivity index (χ3n) is 6.03. The maximum absolute atomic E-state index is 12.6. The lowest BCUT2D eigenvalue weighted by Crippen LogP contribution is -2.48. The third-order valence-corrected chi connectivity index (χ3v) is 6.28. The second-order valence-electron chi connectivity index (χ2n) is 7.40. The van der Waals surface area contributed by atoms with E-state index in [-0.39, 0.29) is 17.9 Å². The lowest BCUT2D eigenvalue weighted by molar-refractivity contribution is -0.126. The number of amidine groups is 1. The highest BCUT2D eigenvalue weighted by molar-refractivity contribution is 6.30. The van der Waals surface area contributed by atoms with E-state index in [1.54, 1.807) is 0 Å². The molecule has 2 saturated carbocycles. The van der Waals surface area contributed by atoms with Crippen LogP contribution in [-0.4, -0.2) is 17.8 Å². The molecule has 4 heteroatoms. The largest absolute Gasteiger partial charge is 0.310 e. The second kappa shape index (κ2) is 5.70. The molecule has 1 amide bonds. The average molecular weight is 351 g/mol. The van der Waals surface area contributed by atoms with Crippen LogP contribution in [0, 0.1) is 17.8 Å². The molecule has 2 aliphatic carbocycles. The molecule has 4 unspecified atom stereocenters. The van der Waals surface area contributed by atoms with Gasteiger partial charge in [0.2, 0.25) is 5.91 Å². The summed E-state index contributed by atoms with van der Waals surface area (Å²) in [5.74, 6) is 2.17. The van der Waals surface area contributed by atoms with Gasteiger partial charge in [-0.05, 0) is 54.4 Å². The van der Waals surface area contributed by atoms with Crippen LogP contribution in [0.3, 0.4) is 0 Å². The second-order valence-corrected chi connectivity index (χ2v) is 7.84. The molecule has 5 rings (SSSR count). The van der Waals surface area contributed by atoms with E-state index in [2.05, 4.69) is 17.4 Å². The van der Waals surface area contributed by atoms with E-state index in [1.165, 1.54) is 19.3 Å². The molecule has 2 aromatic carbocycles. The number of rotatable bonds is 2. The Kier molecular flexibility index (Phi) is 3.46. The van der Waals surface area contributed by atoms with Crippen LogP contribution in [0.4, 0.5) is 0 Å². The monoisotopic (exact) mass is 350 g/mol. The minimum atomic E-state index is 0.107. The molecule has 2 bridgehead atoms. The van der Waals surface area contributed by atoms with Gasteiger partial charge in [-0.2, -0.15) is 0 Å². The summed E-state index contributed by atoms with van der Waals surface area (Å²) in [5.41, 5.74) is 3.23. The number of nitrogens with one attached hydrogen (secondary N) is 1. The molecule has 0 radical (unpaired) electrons. The summed E-state index contributed by atoms with van der Waals surface area (Å²) in [4.78, 5) is 17.5. The number of halogens is 1. The molecule has 126 valence electrons. The predicted molar refractivity (Wildman–Crippen MR) is 99.7 cm³/mol. The predicted octanol–water partition coefficient (Wildman–Crippen LogP) is 4.30. The van der Waals surface area contributed by atoms with Crippen LogP contribution in [0.15, 0.2) is 53.5 Å². The number of fused-ring (bicyclic) bond motifs is 5. The van der Waals surface area contributed by atoms with Crippen LogP contribution >= 0.6 is 11.6 Å². The quantitative estimate of drug-likeness (QED) is 0.862. The lowest BCUT2D eigenvalue weighted by atomic mass is 9.83. The summed E-state index contributed by atoms with van der Waals surface area (Å²) in [5, 5.41) is 3.79.